The number of nitrogens with zero attached hydrogens (tertiary/aromatic N) is 5. The molecule has 0 radical (unpaired) electrons. The SMILES string of the molecule is COc1ccc(CN2Cc3c(ccc(Nc4cc([C@@H]5CC[C@H](Oc6nn(C(=O)OC(C)(C)C)cc6C(C)(C)C)C5)nn4C(C)(C)C)c3F)S2(=O)=O)cc1. The molecule has 53 heavy (non-hydrogen) atoms. The molecular formula is C39H51FN6O6S. The van der Waals surface area contributed by atoms with Crippen molar-refractivity contribution >= 4 is 27.6 Å². The first-order chi connectivity index (χ1) is 24.6. The molecule has 1 saturated carbocycles. The van der Waals surface area contributed by atoms with Crippen molar-refractivity contribution in [1.82, 2.24) is 23.9 Å². The van der Waals surface area contributed by atoms with Crippen molar-refractivity contribution < 1.29 is 31.8 Å². The summed E-state index contributed by atoms with van der Waals surface area (Å²) in [6.07, 6.45) is 3.22. The highest BCUT2D eigenvalue weighted by molar-refractivity contribution is 7.89. The van der Waals surface area contributed by atoms with Gasteiger partial charge in [-0.2, -0.15) is 14.1 Å². The summed E-state index contributed by atoms with van der Waals surface area (Å²) in [7, 11) is -2.32. The van der Waals surface area contributed by atoms with Crippen molar-refractivity contribution in [2.75, 3.05) is 12.4 Å². The van der Waals surface area contributed by atoms with Gasteiger partial charge in [0.15, 0.2) is 5.82 Å². The summed E-state index contributed by atoms with van der Waals surface area (Å²) < 4.78 is 64.6. The van der Waals surface area contributed by atoms with E-state index in [0.717, 1.165) is 29.7 Å². The molecule has 14 heteroatoms. The van der Waals surface area contributed by atoms with Gasteiger partial charge in [0.05, 0.1) is 28.9 Å². The van der Waals surface area contributed by atoms with Crippen LogP contribution in [0.5, 0.6) is 11.6 Å². The van der Waals surface area contributed by atoms with Gasteiger partial charge in [0, 0.05) is 42.4 Å². The normalized spacial score (nSPS) is 18.9. The first-order valence-corrected chi connectivity index (χ1v) is 19.4. The van der Waals surface area contributed by atoms with Crippen LogP contribution in [0.3, 0.4) is 0 Å². The molecule has 0 saturated heterocycles. The lowest BCUT2D eigenvalue weighted by Gasteiger charge is -2.23. The standard InChI is InChI=1S/C39H51FN6O6S/c1-37(2,3)29-23-45(36(47)52-39(7,8)9)43-35(29)51-27-16-13-25(19-27)31-20-33(46(42-31)38(4,5)6)41-30-17-18-32-28(34(30)40)22-44(53(32,48)49)21-24-11-14-26(50-10)15-12-24/h11-12,14-15,17-18,20,23,25,27,41H,13,16,19,21-22H2,1-10H3/t25-,27+/m1/s1. The maximum absolute atomic E-state index is 16.2. The fourth-order valence-electron chi connectivity index (χ4n) is 6.74. The van der Waals surface area contributed by atoms with Gasteiger partial charge in [-0.1, -0.05) is 32.9 Å². The maximum Gasteiger partial charge on any atom is 0.435 e. The van der Waals surface area contributed by atoms with E-state index in [1.165, 1.54) is 21.1 Å². The smallest absolute Gasteiger partial charge is 0.435 e. The van der Waals surface area contributed by atoms with E-state index in [9.17, 15) is 13.2 Å². The molecule has 0 bridgehead atoms. The zero-order valence-electron chi connectivity index (χ0n) is 32.3. The van der Waals surface area contributed by atoms with Crippen molar-refractivity contribution in [2.45, 2.75) is 128 Å². The lowest BCUT2D eigenvalue weighted by molar-refractivity contribution is 0.0510. The van der Waals surface area contributed by atoms with Crippen LogP contribution in [0.4, 0.5) is 20.7 Å². The molecule has 4 aromatic rings. The number of benzene rings is 2. The third-order valence-electron chi connectivity index (χ3n) is 9.45. The number of fused-ring (bicyclic) bond motifs is 1. The van der Waals surface area contributed by atoms with E-state index in [0.29, 0.717) is 23.9 Å². The molecule has 2 aliphatic rings. The van der Waals surface area contributed by atoms with Gasteiger partial charge in [0.1, 0.15) is 23.3 Å². The summed E-state index contributed by atoms with van der Waals surface area (Å²) in [5.74, 6) is 1.13. The van der Waals surface area contributed by atoms with Crippen LogP contribution in [0.1, 0.15) is 110 Å². The first-order valence-electron chi connectivity index (χ1n) is 18.0. The van der Waals surface area contributed by atoms with Crippen molar-refractivity contribution in [3.05, 3.63) is 76.9 Å². The highest BCUT2D eigenvalue weighted by Crippen LogP contribution is 2.41. The minimum Gasteiger partial charge on any atom is -0.497 e. The Kier molecular flexibility index (Phi) is 9.95. The van der Waals surface area contributed by atoms with E-state index in [4.69, 9.17) is 19.3 Å². The lowest BCUT2D eigenvalue weighted by Crippen LogP contribution is -2.27. The van der Waals surface area contributed by atoms with Gasteiger partial charge in [-0.15, -0.1) is 5.10 Å². The van der Waals surface area contributed by atoms with Gasteiger partial charge >= 0.3 is 6.09 Å². The van der Waals surface area contributed by atoms with Crippen molar-refractivity contribution in [1.29, 1.82) is 0 Å². The third kappa shape index (κ3) is 8.08. The zero-order chi connectivity index (χ0) is 38.7. The number of ether oxygens (including phenoxy) is 3. The topological polar surface area (TPSA) is 130 Å². The number of sulfonamides is 1. The molecule has 0 unspecified atom stereocenters. The predicted molar refractivity (Wildman–Crippen MR) is 200 cm³/mol. The number of carbonyl (C=O) groups is 1. The largest absolute Gasteiger partial charge is 0.497 e. The fraction of sp³-hybridized carbons (Fsp3) is 0.513. The molecule has 0 spiro atoms. The van der Waals surface area contributed by atoms with Gasteiger partial charge in [-0.3, -0.25) is 0 Å². The van der Waals surface area contributed by atoms with Crippen molar-refractivity contribution in [3.63, 3.8) is 0 Å². The van der Waals surface area contributed by atoms with Gasteiger partial charge in [0.25, 0.3) is 0 Å². The second-order valence-electron chi connectivity index (χ2n) is 17.0. The number of halogens is 1. The number of aromatic nitrogens is 4. The van der Waals surface area contributed by atoms with E-state index >= 15 is 4.39 Å². The fourth-order valence-corrected chi connectivity index (χ4v) is 8.34. The Morgan fingerprint density at radius 2 is 1.68 bits per heavy atom. The lowest BCUT2D eigenvalue weighted by atomic mass is 9.89. The number of methoxy groups -OCH3 is 1. The summed E-state index contributed by atoms with van der Waals surface area (Å²) in [4.78, 5) is 12.8. The Morgan fingerprint density at radius 3 is 2.30 bits per heavy atom. The highest BCUT2D eigenvalue weighted by atomic mass is 32.2. The van der Waals surface area contributed by atoms with Crippen LogP contribution in [0, 0.1) is 5.82 Å². The van der Waals surface area contributed by atoms with E-state index < -0.39 is 33.1 Å². The molecule has 1 aliphatic carbocycles. The average Bonchev–Trinajstić information content (AvgIpc) is 3.84. The summed E-state index contributed by atoms with van der Waals surface area (Å²) in [5.41, 5.74) is 1.29. The summed E-state index contributed by atoms with van der Waals surface area (Å²) >= 11 is 0. The van der Waals surface area contributed by atoms with E-state index in [-0.39, 0.29) is 46.7 Å². The predicted octanol–water partition coefficient (Wildman–Crippen LogP) is 8.23. The van der Waals surface area contributed by atoms with Crippen LogP contribution in [0.2, 0.25) is 0 Å². The molecule has 2 aromatic heterocycles. The molecule has 1 N–H and O–H groups in total. The Labute approximate surface area is 311 Å². The van der Waals surface area contributed by atoms with Crippen LogP contribution in [-0.4, -0.2) is 57.2 Å². The molecule has 1 fully saturated rings. The Bertz CT molecular complexity index is 2110. The van der Waals surface area contributed by atoms with Crippen LogP contribution in [0.15, 0.2) is 53.6 Å². The molecule has 0 amide bonds. The molecule has 1 aliphatic heterocycles. The van der Waals surface area contributed by atoms with Crippen LogP contribution < -0.4 is 14.8 Å². The second kappa shape index (κ2) is 13.8. The van der Waals surface area contributed by atoms with Gasteiger partial charge in [0.2, 0.25) is 15.9 Å². The van der Waals surface area contributed by atoms with Crippen LogP contribution in [0.25, 0.3) is 0 Å². The number of rotatable bonds is 8. The average molecular weight is 751 g/mol. The van der Waals surface area contributed by atoms with E-state index in [1.54, 1.807) is 37.6 Å². The number of anilines is 2. The molecule has 286 valence electrons. The summed E-state index contributed by atoms with van der Waals surface area (Å²) in [5, 5.41) is 12.7. The summed E-state index contributed by atoms with van der Waals surface area (Å²) in [6.45, 7) is 17.7. The molecule has 12 nitrogen and oxygen atoms in total. The van der Waals surface area contributed by atoms with Crippen LogP contribution >= 0.6 is 0 Å². The van der Waals surface area contributed by atoms with E-state index in [1.807, 2.05) is 73.1 Å². The molecule has 2 aromatic carbocycles. The number of nitrogens with one attached hydrogen (secondary N) is 1. The first kappa shape index (κ1) is 38.3. The van der Waals surface area contributed by atoms with Gasteiger partial charge in [-0.25, -0.2) is 22.3 Å². The zero-order valence-corrected chi connectivity index (χ0v) is 33.1. The number of hydrogen-bond acceptors (Lipinski definition) is 9. The highest BCUT2D eigenvalue weighted by Gasteiger charge is 2.38. The Morgan fingerprint density at radius 1 is 0.981 bits per heavy atom. The van der Waals surface area contributed by atoms with Crippen molar-refractivity contribution in [3.8, 4) is 11.6 Å². The Balaban J connectivity index is 1.20. The molecule has 3 heterocycles. The number of carbonyl (C=O) groups excluding carboxylic acids is 1. The quantitative estimate of drug-likeness (QED) is 0.189. The molecular weight excluding hydrogens is 700 g/mol. The maximum atomic E-state index is 16.2. The number of hydrogen-bond donors (Lipinski definition) is 1. The monoisotopic (exact) mass is 750 g/mol. The molecule has 6 rings (SSSR count). The Hall–Kier alpha value is -4.43. The minimum absolute atomic E-state index is 0.0263. The third-order valence-corrected chi connectivity index (χ3v) is 11.3. The van der Waals surface area contributed by atoms with Gasteiger partial charge in [-0.05, 0) is 96.0 Å². The molecule has 2 atom stereocenters. The van der Waals surface area contributed by atoms with Crippen molar-refractivity contribution in [2.24, 2.45) is 0 Å². The van der Waals surface area contributed by atoms with Gasteiger partial charge < -0.3 is 19.5 Å². The van der Waals surface area contributed by atoms with E-state index in [2.05, 4.69) is 10.4 Å². The summed E-state index contributed by atoms with van der Waals surface area (Å²) in [6, 6.07) is 12.0. The second-order valence-corrected chi connectivity index (χ2v) is 18.9. The van der Waals surface area contributed by atoms with Crippen LogP contribution in [-0.2, 0) is 38.8 Å². The minimum atomic E-state index is -3.88.